The van der Waals surface area contributed by atoms with E-state index in [0.29, 0.717) is 0 Å². The lowest BCUT2D eigenvalue weighted by molar-refractivity contribution is -0.704. The zero-order chi connectivity index (χ0) is 23.8. The van der Waals surface area contributed by atoms with Gasteiger partial charge in [-0.05, 0) is 32.1 Å². The first kappa shape index (κ1) is 30.2. The van der Waals surface area contributed by atoms with E-state index in [1.807, 2.05) is 0 Å². The summed E-state index contributed by atoms with van der Waals surface area (Å²) >= 11 is 0. The van der Waals surface area contributed by atoms with Crippen molar-refractivity contribution in [3.8, 4) is 0 Å². The van der Waals surface area contributed by atoms with Crippen molar-refractivity contribution < 1.29 is 4.57 Å². The summed E-state index contributed by atoms with van der Waals surface area (Å²) < 4.78 is 5.16. The standard InChI is InChI=1S/C31H61N2/c1-4-7-10-12-14-16-18-20-22-24-27-32-29-30-33(31(32)26-9-6-3)28-25-23-21-19-17-15-13-11-8-5-2/h29-30H,4-28H2,1-3H3/q+1. The van der Waals surface area contributed by atoms with E-state index >= 15 is 0 Å². The zero-order valence-electron chi connectivity index (χ0n) is 23.2. The molecule has 0 aliphatic carbocycles. The highest BCUT2D eigenvalue weighted by atomic mass is 15.1. The maximum Gasteiger partial charge on any atom is 0.256 e. The molecule has 1 rings (SSSR count). The van der Waals surface area contributed by atoms with Crippen LogP contribution in [0.2, 0.25) is 0 Å². The molecule has 0 amide bonds. The monoisotopic (exact) mass is 461 g/mol. The fourth-order valence-corrected chi connectivity index (χ4v) is 5.07. The molecule has 0 aliphatic heterocycles. The number of unbranched alkanes of at least 4 members (excludes halogenated alkanes) is 19. The number of imidazole rings is 1. The minimum absolute atomic E-state index is 1.22. The average molecular weight is 462 g/mol. The Hall–Kier alpha value is -0.790. The van der Waals surface area contributed by atoms with Crippen molar-refractivity contribution in [2.45, 2.75) is 182 Å². The van der Waals surface area contributed by atoms with Crippen LogP contribution in [0.15, 0.2) is 12.4 Å². The Morgan fingerprint density at radius 2 is 0.939 bits per heavy atom. The molecule has 0 aromatic carbocycles. The smallest absolute Gasteiger partial charge is 0.234 e. The first-order valence-electron chi connectivity index (χ1n) is 15.4. The molecule has 0 bridgehead atoms. The molecule has 0 atom stereocenters. The van der Waals surface area contributed by atoms with E-state index in [2.05, 4.69) is 42.3 Å². The second-order valence-electron chi connectivity index (χ2n) is 10.6. The van der Waals surface area contributed by atoms with Crippen molar-refractivity contribution in [2.24, 2.45) is 0 Å². The molecule has 33 heavy (non-hydrogen) atoms. The predicted octanol–water partition coefficient (Wildman–Crippen LogP) is 9.96. The highest BCUT2D eigenvalue weighted by molar-refractivity contribution is 4.84. The molecule has 0 radical (unpaired) electrons. The van der Waals surface area contributed by atoms with Crippen LogP contribution in [0, 0.1) is 0 Å². The lowest BCUT2D eigenvalue weighted by atomic mass is 10.1. The summed E-state index contributed by atoms with van der Waals surface area (Å²) in [6.07, 6.45) is 37.0. The van der Waals surface area contributed by atoms with Crippen LogP contribution in [-0.2, 0) is 19.5 Å². The molecule has 0 fully saturated rings. The summed E-state index contributed by atoms with van der Waals surface area (Å²) in [5.74, 6) is 1.59. The molecule has 2 heteroatoms. The third-order valence-electron chi connectivity index (χ3n) is 7.35. The lowest BCUT2D eigenvalue weighted by Gasteiger charge is -2.06. The van der Waals surface area contributed by atoms with Crippen molar-refractivity contribution in [1.82, 2.24) is 4.57 Å². The molecule has 194 valence electrons. The van der Waals surface area contributed by atoms with Crippen LogP contribution >= 0.6 is 0 Å². The Balaban J connectivity index is 2.19. The van der Waals surface area contributed by atoms with E-state index in [9.17, 15) is 0 Å². The summed E-state index contributed by atoms with van der Waals surface area (Å²) in [4.78, 5) is 0. The number of hydrogen-bond donors (Lipinski definition) is 0. The van der Waals surface area contributed by atoms with E-state index in [0.717, 1.165) is 0 Å². The van der Waals surface area contributed by atoms with E-state index < -0.39 is 0 Å². The molecule has 1 aromatic rings. The minimum Gasteiger partial charge on any atom is -0.234 e. The number of aromatic nitrogens is 2. The number of rotatable bonds is 25. The van der Waals surface area contributed by atoms with Gasteiger partial charge in [0, 0.05) is 6.42 Å². The van der Waals surface area contributed by atoms with Gasteiger partial charge in [0.15, 0.2) is 0 Å². The second-order valence-corrected chi connectivity index (χ2v) is 10.6. The van der Waals surface area contributed by atoms with Crippen molar-refractivity contribution in [1.29, 1.82) is 0 Å². The Labute approximate surface area is 208 Å². The average Bonchev–Trinajstić information content (AvgIpc) is 3.21. The SMILES string of the molecule is CCCCCCCCCCCCn1cc[n+](CCCCCCCCCCCC)c1CCCC. The van der Waals surface area contributed by atoms with Gasteiger partial charge in [0.1, 0.15) is 12.4 Å². The molecule has 1 heterocycles. The Bertz CT molecular complexity index is 477. The maximum atomic E-state index is 2.58. The van der Waals surface area contributed by atoms with Gasteiger partial charge in [-0.25, -0.2) is 9.13 Å². The van der Waals surface area contributed by atoms with E-state index in [-0.39, 0.29) is 0 Å². The van der Waals surface area contributed by atoms with Crippen LogP contribution in [0.4, 0.5) is 0 Å². The number of nitrogens with zero attached hydrogens (tertiary/aromatic N) is 2. The maximum absolute atomic E-state index is 2.58. The van der Waals surface area contributed by atoms with Gasteiger partial charge in [-0.2, -0.15) is 0 Å². The quantitative estimate of drug-likeness (QED) is 0.101. The van der Waals surface area contributed by atoms with Crippen LogP contribution in [-0.4, -0.2) is 4.57 Å². The zero-order valence-corrected chi connectivity index (χ0v) is 23.2. The Kier molecular flexibility index (Phi) is 21.1. The van der Waals surface area contributed by atoms with Crippen LogP contribution in [0.25, 0.3) is 0 Å². The van der Waals surface area contributed by atoms with Crippen LogP contribution in [0.5, 0.6) is 0 Å². The summed E-state index contributed by atoms with van der Waals surface area (Å²) in [5.41, 5.74) is 0. The minimum atomic E-state index is 1.22. The third-order valence-corrected chi connectivity index (χ3v) is 7.35. The van der Waals surface area contributed by atoms with E-state index in [4.69, 9.17) is 0 Å². The summed E-state index contributed by atoms with van der Waals surface area (Å²) in [6, 6.07) is 0. The third kappa shape index (κ3) is 16.5. The van der Waals surface area contributed by atoms with Gasteiger partial charge in [-0.3, -0.25) is 0 Å². The predicted molar refractivity (Wildman–Crippen MR) is 147 cm³/mol. The van der Waals surface area contributed by atoms with Crippen molar-refractivity contribution in [3.05, 3.63) is 18.2 Å². The lowest BCUT2D eigenvalue weighted by Crippen LogP contribution is -2.37. The van der Waals surface area contributed by atoms with Gasteiger partial charge in [0.25, 0.3) is 5.82 Å². The van der Waals surface area contributed by atoms with Crippen molar-refractivity contribution >= 4 is 0 Å². The molecule has 0 unspecified atom stereocenters. The molecule has 0 saturated carbocycles. The molecule has 1 aromatic heterocycles. The second kappa shape index (κ2) is 23.0. The van der Waals surface area contributed by atoms with E-state index in [1.165, 1.54) is 161 Å². The van der Waals surface area contributed by atoms with Crippen LogP contribution < -0.4 is 4.57 Å². The molecule has 0 spiro atoms. The summed E-state index contributed by atoms with van der Waals surface area (Å²) in [6.45, 7) is 9.37. The molecule has 0 saturated heterocycles. The van der Waals surface area contributed by atoms with Gasteiger partial charge >= 0.3 is 0 Å². The van der Waals surface area contributed by atoms with Crippen molar-refractivity contribution in [2.75, 3.05) is 0 Å². The fourth-order valence-electron chi connectivity index (χ4n) is 5.07. The van der Waals surface area contributed by atoms with Crippen molar-refractivity contribution in [3.63, 3.8) is 0 Å². The van der Waals surface area contributed by atoms with Gasteiger partial charge in [-0.1, -0.05) is 130 Å². The molecule has 2 nitrogen and oxygen atoms in total. The number of hydrogen-bond acceptors (Lipinski definition) is 0. The van der Waals surface area contributed by atoms with E-state index in [1.54, 1.807) is 5.82 Å². The summed E-state index contributed by atoms with van der Waals surface area (Å²) in [7, 11) is 0. The van der Waals surface area contributed by atoms with Gasteiger partial charge in [0.2, 0.25) is 0 Å². The number of aryl methyl sites for hydroxylation is 2. The highest BCUT2D eigenvalue weighted by Crippen LogP contribution is 2.13. The molecular formula is C31H61N2+. The molecular weight excluding hydrogens is 400 g/mol. The summed E-state index contributed by atoms with van der Waals surface area (Å²) in [5, 5.41) is 0. The highest BCUT2D eigenvalue weighted by Gasteiger charge is 2.16. The largest absolute Gasteiger partial charge is 0.256 e. The molecule has 0 N–H and O–H groups in total. The van der Waals surface area contributed by atoms with Gasteiger partial charge in [-0.15, -0.1) is 0 Å². The molecule has 0 aliphatic rings. The normalized spacial score (nSPS) is 11.5. The van der Waals surface area contributed by atoms with Crippen LogP contribution in [0.1, 0.15) is 168 Å². The topological polar surface area (TPSA) is 8.81 Å². The Morgan fingerprint density at radius 3 is 1.42 bits per heavy atom. The van der Waals surface area contributed by atoms with Gasteiger partial charge in [0.05, 0.1) is 13.1 Å². The van der Waals surface area contributed by atoms with Crippen LogP contribution in [0.3, 0.4) is 0 Å². The first-order valence-corrected chi connectivity index (χ1v) is 15.4. The first-order chi connectivity index (χ1) is 16.3. The Morgan fingerprint density at radius 1 is 0.515 bits per heavy atom. The van der Waals surface area contributed by atoms with Gasteiger partial charge < -0.3 is 0 Å². The fraction of sp³-hybridized carbons (Fsp3) is 0.903.